The zero-order valence-electron chi connectivity index (χ0n) is 20.9. The summed E-state index contributed by atoms with van der Waals surface area (Å²) in [5.74, 6) is 0.378. The highest BCUT2D eigenvalue weighted by atomic mass is 16.5. The van der Waals surface area contributed by atoms with Gasteiger partial charge in [0.25, 0.3) is 5.91 Å². The number of benzene rings is 2. The van der Waals surface area contributed by atoms with E-state index in [1.54, 1.807) is 37.3 Å². The Hall–Kier alpha value is -2.90. The number of ether oxygens (including phenoxy) is 2. The maximum Gasteiger partial charge on any atom is 0.257 e. The van der Waals surface area contributed by atoms with Gasteiger partial charge < -0.3 is 19.7 Å². The van der Waals surface area contributed by atoms with Crippen LogP contribution in [0.5, 0.6) is 5.75 Å². The maximum absolute atomic E-state index is 13.3. The molecule has 7 heteroatoms. The third-order valence-electron chi connectivity index (χ3n) is 6.42. The second kappa shape index (κ2) is 12.0. The van der Waals surface area contributed by atoms with Gasteiger partial charge >= 0.3 is 0 Å². The van der Waals surface area contributed by atoms with E-state index in [1.807, 2.05) is 6.07 Å². The van der Waals surface area contributed by atoms with Crippen LogP contribution in [-0.2, 0) is 16.0 Å². The van der Waals surface area contributed by atoms with Crippen LogP contribution >= 0.6 is 0 Å². The number of carbonyl (C=O) groups is 2. The highest BCUT2D eigenvalue weighted by molar-refractivity contribution is 5.99. The maximum atomic E-state index is 13.3. The molecule has 3 rings (SSSR count). The molecule has 0 unspecified atom stereocenters. The number of anilines is 1. The van der Waals surface area contributed by atoms with Gasteiger partial charge in [-0.3, -0.25) is 14.5 Å². The molecule has 0 fully saturated rings. The first-order valence-electron chi connectivity index (χ1n) is 11.9. The largest absolute Gasteiger partial charge is 0.491 e. The molecule has 0 spiro atoms. The van der Waals surface area contributed by atoms with Crippen molar-refractivity contribution in [2.45, 2.75) is 39.3 Å². The van der Waals surface area contributed by atoms with Gasteiger partial charge in [-0.25, -0.2) is 0 Å². The van der Waals surface area contributed by atoms with Gasteiger partial charge in [-0.15, -0.1) is 0 Å². The van der Waals surface area contributed by atoms with Crippen molar-refractivity contribution in [3.8, 4) is 5.75 Å². The van der Waals surface area contributed by atoms with Gasteiger partial charge in [0.2, 0.25) is 5.91 Å². The monoisotopic (exact) mass is 467 g/mol. The molecule has 2 amide bonds. The minimum absolute atomic E-state index is 0.109. The lowest BCUT2D eigenvalue weighted by Gasteiger charge is -2.36. The van der Waals surface area contributed by atoms with Gasteiger partial charge in [0.05, 0.1) is 11.7 Å². The molecule has 2 aromatic rings. The number of amides is 2. The van der Waals surface area contributed by atoms with E-state index in [9.17, 15) is 9.59 Å². The van der Waals surface area contributed by atoms with Crippen LogP contribution < -0.4 is 10.1 Å². The number of fused-ring (bicyclic) bond motifs is 1. The van der Waals surface area contributed by atoms with E-state index in [4.69, 9.17) is 9.47 Å². The van der Waals surface area contributed by atoms with E-state index in [0.717, 1.165) is 19.5 Å². The summed E-state index contributed by atoms with van der Waals surface area (Å²) in [6, 6.07) is 15.8. The third-order valence-corrected chi connectivity index (χ3v) is 6.42. The number of hydrogen-bond acceptors (Lipinski definition) is 5. The molecule has 3 atom stereocenters. The number of likely N-dealkylation sites (N-methyl/N-ethyl adjacent to an activating group) is 1. The number of rotatable bonds is 5. The van der Waals surface area contributed by atoms with Gasteiger partial charge in [0, 0.05) is 52.4 Å². The fraction of sp³-hybridized carbons (Fsp3) is 0.481. The van der Waals surface area contributed by atoms with Crippen LogP contribution in [-0.4, -0.2) is 74.2 Å². The second-order valence-electron chi connectivity index (χ2n) is 9.22. The Bertz CT molecular complexity index is 966. The van der Waals surface area contributed by atoms with Gasteiger partial charge in [0.1, 0.15) is 12.4 Å². The Morgan fingerprint density at radius 3 is 2.56 bits per heavy atom. The van der Waals surface area contributed by atoms with Crippen LogP contribution in [0.15, 0.2) is 48.5 Å². The highest BCUT2D eigenvalue weighted by Crippen LogP contribution is 2.26. The number of nitrogens with one attached hydrogen (secondary N) is 1. The molecule has 0 radical (unpaired) electrons. The predicted octanol–water partition coefficient (Wildman–Crippen LogP) is 3.69. The lowest BCUT2D eigenvalue weighted by Crippen LogP contribution is -2.47. The van der Waals surface area contributed by atoms with Crippen molar-refractivity contribution in [2.75, 3.05) is 45.7 Å². The van der Waals surface area contributed by atoms with Gasteiger partial charge in [0.15, 0.2) is 0 Å². The average Bonchev–Trinajstić information content (AvgIpc) is 2.82. The Labute approximate surface area is 203 Å². The van der Waals surface area contributed by atoms with E-state index < -0.39 is 0 Å². The lowest BCUT2D eigenvalue weighted by atomic mass is 10.0. The van der Waals surface area contributed by atoms with Crippen LogP contribution in [0.1, 0.15) is 36.7 Å². The van der Waals surface area contributed by atoms with E-state index in [0.29, 0.717) is 30.2 Å². The normalized spacial score (nSPS) is 22.2. The summed E-state index contributed by atoms with van der Waals surface area (Å²) in [5, 5.41) is 2.75. The topological polar surface area (TPSA) is 71.1 Å². The first-order valence-corrected chi connectivity index (χ1v) is 11.9. The van der Waals surface area contributed by atoms with Crippen molar-refractivity contribution in [1.82, 2.24) is 9.80 Å². The Morgan fingerprint density at radius 2 is 1.88 bits per heavy atom. The molecule has 7 nitrogen and oxygen atoms in total. The summed E-state index contributed by atoms with van der Waals surface area (Å²) in [6.07, 6.45) is 0.840. The molecule has 0 saturated carbocycles. The van der Waals surface area contributed by atoms with Crippen molar-refractivity contribution in [3.63, 3.8) is 0 Å². The van der Waals surface area contributed by atoms with E-state index in [1.165, 1.54) is 12.5 Å². The summed E-state index contributed by atoms with van der Waals surface area (Å²) in [4.78, 5) is 29.0. The first kappa shape index (κ1) is 25.7. The van der Waals surface area contributed by atoms with Gasteiger partial charge in [-0.2, -0.15) is 0 Å². The van der Waals surface area contributed by atoms with Crippen LogP contribution in [0.2, 0.25) is 0 Å². The molecule has 184 valence electrons. The van der Waals surface area contributed by atoms with Crippen LogP contribution in [0.4, 0.5) is 5.69 Å². The molecule has 1 aliphatic rings. The number of carbonyl (C=O) groups excluding carboxylic acids is 2. The molecule has 1 aliphatic heterocycles. The van der Waals surface area contributed by atoms with Gasteiger partial charge in [-0.05, 0) is 43.0 Å². The van der Waals surface area contributed by atoms with Crippen LogP contribution in [0, 0.1) is 5.92 Å². The predicted molar refractivity (Wildman–Crippen MR) is 134 cm³/mol. The highest BCUT2D eigenvalue weighted by Gasteiger charge is 2.28. The Balaban J connectivity index is 1.88. The SMILES string of the molecule is CO[C@H]1CN(C)C(=O)c2cc(NC(C)=O)ccc2OC[C@@H](C)N(CCc2ccccc2)C[C@@H]1C. The molecule has 0 bridgehead atoms. The van der Waals surface area contributed by atoms with Crippen molar-refractivity contribution in [1.29, 1.82) is 0 Å². The fourth-order valence-electron chi connectivity index (χ4n) is 4.36. The quantitative estimate of drug-likeness (QED) is 0.726. The van der Waals surface area contributed by atoms with Crippen LogP contribution in [0.25, 0.3) is 0 Å². The third kappa shape index (κ3) is 6.81. The zero-order chi connectivity index (χ0) is 24.7. The molecule has 0 aliphatic carbocycles. The zero-order valence-corrected chi connectivity index (χ0v) is 20.9. The Morgan fingerprint density at radius 1 is 1.15 bits per heavy atom. The standard InChI is InChI=1S/C27H37N3O4/c1-19-16-30(14-13-22-9-7-6-8-10-22)20(2)18-34-25-12-11-23(28-21(3)31)15-24(25)27(32)29(4)17-26(19)33-5/h6-12,15,19-20,26H,13-14,16-18H2,1-5H3,(H,28,31)/t19-,20+,26-/m0/s1. The molecule has 0 saturated heterocycles. The molecule has 1 N–H and O–H groups in total. The molecule has 34 heavy (non-hydrogen) atoms. The number of nitrogens with zero attached hydrogens (tertiary/aromatic N) is 2. The fourth-order valence-corrected chi connectivity index (χ4v) is 4.36. The van der Waals surface area contributed by atoms with Crippen molar-refractivity contribution >= 4 is 17.5 Å². The average molecular weight is 468 g/mol. The molecular weight excluding hydrogens is 430 g/mol. The van der Waals surface area contributed by atoms with Crippen molar-refractivity contribution in [3.05, 3.63) is 59.7 Å². The second-order valence-corrected chi connectivity index (χ2v) is 9.22. The minimum Gasteiger partial charge on any atom is -0.491 e. The lowest BCUT2D eigenvalue weighted by molar-refractivity contribution is -0.114. The van der Waals surface area contributed by atoms with E-state index in [-0.39, 0.29) is 29.9 Å². The Kier molecular flexibility index (Phi) is 9.07. The van der Waals surface area contributed by atoms with Crippen molar-refractivity contribution < 1.29 is 19.1 Å². The first-order chi connectivity index (χ1) is 16.3. The number of methoxy groups -OCH3 is 1. The van der Waals surface area contributed by atoms with E-state index in [2.05, 4.69) is 48.3 Å². The minimum atomic E-state index is -0.189. The summed E-state index contributed by atoms with van der Waals surface area (Å²) in [6.45, 7) is 8.42. The molecule has 1 heterocycles. The summed E-state index contributed by atoms with van der Waals surface area (Å²) < 4.78 is 12.0. The van der Waals surface area contributed by atoms with Crippen LogP contribution in [0.3, 0.4) is 0 Å². The summed E-state index contributed by atoms with van der Waals surface area (Å²) in [5.41, 5.74) is 2.30. The summed E-state index contributed by atoms with van der Waals surface area (Å²) in [7, 11) is 3.48. The molecular formula is C27H37N3O4. The molecule has 2 aromatic carbocycles. The summed E-state index contributed by atoms with van der Waals surface area (Å²) >= 11 is 0. The van der Waals surface area contributed by atoms with Crippen molar-refractivity contribution in [2.24, 2.45) is 5.92 Å². The van der Waals surface area contributed by atoms with E-state index >= 15 is 0 Å². The van der Waals surface area contributed by atoms with Gasteiger partial charge in [-0.1, -0.05) is 37.3 Å². The smallest absolute Gasteiger partial charge is 0.257 e. The number of hydrogen-bond donors (Lipinski definition) is 1. The molecule has 0 aromatic heterocycles.